The molecule has 0 aromatic rings. The lowest BCUT2D eigenvalue weighted by molar-refractivity contribution is 0.433. The number of hydrogen-bond acceptors (Lipinski definition) is 1. The van der Waals surface area contributed by atoms with Crippen LogP contribution in [0.1, 0.15) is 6.92 Å². The minimum Gasteiger partial charge on any atom is -0.346 e. The van der Waals surface area contributed by atoms with E-state index >= 15 is 0 Å². The van der Waals surface area contributed by atoms with Gasteiger partial charge < -0.3 is 4.52 Å². The SMILES string of the molecule is CC#CCOPP. The summed E-state index contributed by atoms with van der Waals surface area (Å²) in [5, 5.41) is 0. The van der Waals surface area contributed by atoms with E-state index < -0.39 is 0 Å². The topological polar surface area (TPSA) is 9.23 Å². The molecule has 0 radical (unpaired) electrons. The van der Waals surface area contributed by atoms with Gasteiger partial charge in [0.2, 0.25) is 0 Å². The van der Waals surface area contributed by atoms with Gasteiger partial charge in [0.05, 0.1) is 0 Å². The minimum absolute atomic E-state index is 0.482. The van der Waals surface area contributed by atoms with Crippen LogP contribution >= 0.6 is 17.4 Å². The van der Waals surface area contributed by atoms with E-state index in [1.807, 2.05) is 0 Å². The van der Waals surface area contributed by atoms with Crippen molar-refractivity contribution in [2.45, 2.75) is 6.92 Å². The lowest BCUT2D eigenvalue weighted by Gasteiger charge is -1.86. The second-order valence-corrected chi connectivity index (χ2v) is 2.06. The van der Waals surface area contributed by atoms with Crippen LogP contribution in [0, 0.1) is 11.8 Å². The van der Waals surface area contributed by atoms with Gasteiger partial charge >= 0.3 is 0 Å². The molecular formula is C4H8OP2. The summed E-state index contributed by atoms with van der Waals surface area (Å²) in [5.41, 5.74) is 0. The second kappa shape index (κ2) is 6.38. The van der Waals surface area contributed by atoms with Crippen molar-refractivity contribution in [3.05, 3.63) is 0 Å². The van der Waals surface area contributed by atoms with E-state index in [-0.39, 0.29) is 0 Å². The molecule has 0 aromatic heterocycles. The third-order valence-electron chi connectivity index (χ3n) is 0.404. The highest BCUT2D eigenvalue weighted by Crippen LogP contribution is 2.19. The molecule has 1 nitrogen and oxygen atoms in total. The Morgan fingerprint density at radius 2 is 2.57 bits per heavy atom. The fourth-order valence-electron chi connectivity index (χ4n) is 0.150. The summed E-state index contributed by atoms with van der Waals surface area (Å²) in [7, 11) is 2.97. The Morgan fingerprint density at radius 1 is 1.86 bits per heavy atom. The molecular weight excluding hydrogens is 126 g/mol. The molecule has 0 saturated heterocycles. The molecule has 0 amide bonds. The van der Waals surface area contributed by atoms with Gasteiger partial charge in [0.25, 0.3) is 0 Å². The molecule has 0 spiro atoms. The van der Waals surface area contributed by atoms with Crippen molar-refractivity contribution in [2.75, 3.05) is 6.61 Å². The van der Waals surface area contributed by atoms with Gasteiger partial charge in [-0.05, 0) is 6.92 Å². The summed E-state index contributed by atoms with van der Waals surface area (Å²) in [4.78, 5) is 0. The van der Waals surface area contributed by atoms with E-state index in [0.29, 0.717) is 15.1 Å². The normalized spacial score (nSPS) is 8.86. The summed E-state index contributed by atoms with van der Waals surface area (Å²) >= 11 is 0. The van der Waals surface area contributed by atoms with Crippen molar-refractivity contribution >= 4 is 17.4 Å². The summed E-state index contributed by atoms with van der Waals surface area (Å²) in [6.45, 7) is 2.37. The largest absolute Gasteiger partial charge is 0.346 e. The van der Waals surface area contributed by atoms with Gasteiger partial charge in [0.1, 0.15) is 6.61 Å². The quantitative estimate of drug-likeness (QED) is 0.315. The van der Waals surface area contributed by atoms with E-state index in [2.05, 4.69) is 20.8 Å². The Kier molecular flexibility index (Phi) is 6.73. The third-order valence-corrected chi connectivity index (χ3v) is 1.22. The van der Waals surface area contributed by atoms with Crippen LogP contribution in [0.3, 0.4) is 0 Å². The van der Waals surface area contributed by atoms with Gasteiger partial charge in [-0.1, -0.05) is 14.8 Å². The summed E-state index contributed by atoms with van der Waals surface area (Å²) in [6, 6.07) is 0. The van der Waals surface area contributed by atoms with E-state index in [1.54, 1.807) is 6.92 Å². The molecule has 7 heavy (non-hydrogen) atoms. The molecule has 0 rings (SSSR count). The second-order valence-electron chi connectivity index (χ2n) is 0.833. The Labute approximate surface area is 48.2 Å². The van der Waals surface area contributed by atoms with Crippen LogP contribution in [0.15, 0.2) is 0 Å². The molecule has 0 fully saturated rings. The molecule has 0 saturated carbocycles. The smallest absolute Gasteiger partial charge is 0.112 e. The van der Waals surface area contributed by atoms with Gasteiger partial charge in [-0.3, -0.25) is 0 Å². The molecule has 2 atom stereocenters. The minimum atomic E-state index is 0.482. The zero-order valence-corrected chi connectivity index (χ0v) is 6.35. The average molecular weight is 134 g/mol. The van der Waals surface area contributed by atoms with Crippen molar-refractivity contribution < 1.29 is 4.52 Å². The first-order valence-electron chi connectivity index (χ1n) is 1.89. The van der Waals surface area contributed by atoms with Gasteiger partial charge in [-0.15, -0.1) is 5.92 Å². The highest BCUT2D eigenvalue weighted by atomic mass is 32.0. The molecule has 0 aromatic carbocycles. The Balaban J connectivity index is 2.78. The molecule has 2 unspecified atom stereocenters. The molecule has 0 aliphatic rings. The fourth-order valence-corrected chi connectivity index (χ4v) is 0.555. The summed E-state index contributed by atoms with van der Waals surface area (Å²) in [6.07, 6.45) is 0. The molecule has 0 aliphatic heterocycles. The monoisotopic (exact) mass is 134 g/mol. The van der Waals surface area contributed by atoms with Crippen LogP contribution in [-0.2, 0) is 4.52 Å². The average Bonchev–Trinajstić information content (AvgIpc) is 1.69. The Morgan fingerprint density at radius 3 is 3.00 bits per heavy atom. The predicted molar refractivity (Wildman–Crippen MR) is 37.4 cm³/mol. The van der Waals surface area contributed by atoms with Crippen LogP contribution in [0.5, 0.6) is 0 Å². The number of rotatable bonds is 2. The summed E-state index contributed by atoms with van der Waals surface area (Å²) < 4.78 is 4.89. The Hall–Kier alpha value is 0.380. The van der Waals surface area contributed by atoms with Gasteiger partial charge in [0, 0.05) is 8.50 Å². The molecule has 0 bridgehead atoms. The van der Waals surface area contributed by atoms with E-state index in [0.717, 1.165) is 0 Å². The molecule has 0 heterocycles. The van der Waals surface area contributed by atoms with E-state index in [4.69, 9.17) is 4.52 Å². The zero-order chi connectivity index (χ0) is 5.54. The molecule has 0 N–H and O–H groups in total. The van der Waals surface area contributed by atoms with Crippen LogP contribution < -0.4 is 0 Å². The lowest BCUT2D eigenvalue weighted by atomic mass is 10.6. The van der Waals surface area contributed by atoms with Gasteiger partial charge in [0.15, 0.2) is 0 Å². The van der Waals surface area contributed by atoms with Crippen LogP contribution in [0.25, 0.3) is 0 Å². The highest BCUT2D eigenvalue weighted by molar-refractivity contribution is 8.00. The maximum Gasteiger partial charge on any atom is 0.112 e. The first-order valence-corrected chi connectivity index (χ1v) is 4.60. The zero-order valence-electron chi connectivity index (χ0n) is 4.19. The summed E-state index contributed by atoms with van der Waals surface area (Å²) in [5.74, 6) is 5.49. The van der Waals surface area contributed by atoms with Crippen molar-refractivity contribution in [2.24, 2.45) is 0 Å². The lowest BCUT2D eigenvalue weighted by Crippen LogP contribution is -1.72. The first kappa shape index (κ1) is 7.38. The van der Waals surface area contributed by atoms with E-state index in [1.165, 1.54) is 0 Å². The van der Waals surface area contributed by atoms with Crippen molar-refractivity contribution in [3.8, 4) is 11.8 Å². The third kappa shape index (κ3) is 6.38. The highest BCUT2D eigenvalue weighted by Gasteiger charge is 1.69. The maximum atomic E-state index is 4.89. The van der Waals surface area contributed by atoms with Crippen molar-refractivity contribution in [1.82, 2.24) is 0 Å². The molecule has 3 heteroatoms. The van der Waals surface area contributed by atoms with Crippen molar-refractivity contribution in [3.63, 3.8) is 0 Å². The van der Waals surface area contributed by atoms with E-state index in [9.17, 15) is 0 Å². The molecule has 0 aliphatic carbocycles. The fraction of sp³-hybridized carbons (Fsp3) is 0.500. The maximum absolute atomic E-state index is 4.89. The molecule has 40 valence electrons. The van der Waals surface area contributed by atoms with Crippen LogP contribution in [0.2, 0.25) is 0 Å². The van der Waals surface area contributed by atoms with Gasteiger partial charge in [-0.2, -0.15) is 0 Å². The van der Waals surface area contributed by atoms with Gasteiger partial charge in [-0.25, -0.2) is 0 Å². The standard InChI is InChI=1S/C4H8OP2/c1-2-3-4-5-7-6/h7H,4,6H2,1H3. The Bertz CT molecular complexity index is 81.4. The predicted octanol–water partition coefficient (Wildman–Crippen LogP) is 1.41. The number of hydrogen-bond donors (Lipinski definition) is 0. The van der Waals surface area contributed by atoms with Crippen LogP contribution in [-0.4, -0.2) is 6.61 Å². The van der Waals surface area contributed by atoms with Crippen molar-refractivity contribution in [1.29, 1.82) is 0 Å². The first-order chi connectivity index (χ1) is 3.41. The van der Waals surface area contributed by atoms with Crippen LogP contribution in [0.4, 0.5) is 0 Å².